The van der Waals surface area contributed by atoms with Gasteiger partial charge in [0.15, 0.2) is 0 Å². The molecule has 1 aliphatic heterocycles. The number of hydrogen-bond acceptors (Lipinski definition) is 7. The minimum absolute atomic E-state index is 0.0327. The summed E-state index contributed by atoms with van der Waals surface area (Å²) >= 11 is 1.33. The lowest BCUT2D eigenvalue weighted by Gasteiger charge is -2.35. The molecule has 0 aliphatic carbocycles. The van der Waals surface area contributed by atoms with Crippen LogP contribution in [0.4, 0.5) is 5.13 Å². The van der Waals surface area contributed by atoms with E-state index in [-0.39, 0.29) is 11.9 Å². The molecule has 8 heteroatoms. The molecule has 2 aromatic rings. The van der Waals surface area contributed by atoms with Gasteiger partial charge in [0.05, 0.1) is 19.8 Å². The summed E-state index contributed by atoms with van der Waals surface area (Å²) in [6, 6.07) is 7.47. The van der Waals surface area contributed by atoms with E-state index in [1.54, 1.807) is 12.6 Å². The second-order valence-electron chi connectivity index (χ2n) is 6.37. The zero-order valence-corrected chi connectivity index (χ0v) is 15.9. The van der Waals surface area contributed by atoms with E-state index in [4.69, 9.17) is 9.47 Å². The molecule has 1 unspecified atom stereocenters. The van der Waals surface area contributed by atoms with Crippen molar-refractivity contribution in [3.63, 3.8) is 0 Å². The van der Waals surface area contributed by atoms with Crippen molar-refractivity contribution in [1.82, 2.24) is 15.1 Å². The maximum Gasteiger partial charge on any atom is 0.243 e. The van der Waals surface area contributed by atoms with Crippen LogP contribution in [0.15, 0.2) is 29.8 Å². The Balaban J connectivity index is 1.41. The minimum Gasteiger partial charge on any atom is -0.497 e. The number of nitrogens with zero attached hydrogens (tertiary/aromatic N) is 3. The van der Waals surface area contributed by atoms with Gasteiger partial charge in [-0.25, -0.2) is 0 Å². The maximum atomic E-state index is 12.3. The molecule has 0 bridgehead atoms. The van der Waals surface area contributed by atoms with E-state index < -0.39 is 0 Å². The van der Waals surface area contributed by atoms with Gasteiger partial charge in [0.1, 0.15) is 17.0 Å². The zero-order valence-electron chi connectivity index (χ0n) is 15.1. The number of carbonyl (C=O) groups is 1. The van der Waals surface area contributed by atoms with Gasteiger partial charge in [0, 0.05) is 0 Å². The maximum absolute atomic E-state index is 12.3. The molecular weight excluding hydrogens is 352 g/mol. The van der Waals surface area contributed by atoms with Crippen molar-refractivity contribution < 1.29 is 14.3 Å². The normalized spacial score (nSPS) is 16.8. The first-order valence-corrected chi connectivity index (χ1v) is 9.61. The summed E-state index contributed by atoms with van der Waals surface area (Å²) in [5.41, 5.74) is 1.61. The minimum atomic E-state index is -0.178. The van der Waals surface area contributed by atoms with E-state index in [0.29, 0.717) is 17.7 Å². The Morgan fingerprint density at radius 2 is 2.00 bits per heavy atom. The predicted octanol–water partition coefficient (Wildman–Crippen LogP) is 2.66. The third-order valence-electron chi connectivity index (χ3n) is 4.71. The fraction of sp³-hybridized carbons (Fsp3) is 0.500. The standard InChI is InChI=1S/C18H24N4O3S/c1-13(17(23)20-18-21-19-12-26-18)22-9-7-14(8-10-22)11-25-16-5-3-15(24-2)4-6-16/h3-6,12-14H,7-11H2,1-2H3,(H,20,21,23). The number of hydrogen-bond donors (Lipinski definition) is 1. The number of nitrogens with one attached hydrogen (secondary N) is 1. The number of aromatic nitrogens is 2. The largest absolute Gasteiger partial charge is 0.497 e. The van der Waals surface area contributed by atoms with Gasteiger partial charge in [-0.05, 0) is 63.0 Å². The number of rotatable bonds is 7. The number of likely N-dealkylation sites (tertiary alicyclic amines) is 1. The Hall–Kier alpha value is -2.19. The molecule has 1 amide bonds. The van der Waals surface area contributed by atoms with E-state index in [1.807, 2.05) is 31.2 Å². The summed E-state index contributed by atoms with van der Waals surface area (Å²) in [6.07, 6.45) is 2.04. The molecule has 0 spiro atoms. The van der Waals surface area contributed by atoms with Crippen molar-refractivity contribution in [1.29, 1.82) is 0 Å². The lowest BCUT2D eigenvalue weighted by Crippen LogP contribution is -2.46. The summed E-state index contributed by atoms with van der Waals surface area (Å²) < 4.78 is 11.0. The van der Waals surface area contributed by atoms with Crippen molar-refractivity contribution >= 4 is 22.4 Å². The number of methoxy groups -OCH3 is 1. The fourth-order valence-electron chi connectivity index (χ4n) is 3.00. The molecule has 1 aromatic heterocycles. The second-order valence-corrected chi connectivity index (χ2v) is 7.21. The highest BCUT2D eigenvalue weighted by molar-refractivity contribution is 7.13. The summed E-state index contributed by atoms with van der Waals surface area (Å²) in [7, 11) is 1.65. The topological polar surface area (TPSA) is 76.6 Å². The van der Waals surface area contributed by atoms with Crippen LogP contribution in [-0.4, -0.2) is 53.9 Å². The third kappa shape index (κ3) is 4.92. The Morgan fingerprint density at radius 3 is 2.62 bits per heavy atom. The van der Waals surface area contributed by atoms with Crippen LogP contribution in [0, 0.1) is 5.92 Å². The SMILES string of the molecule is COc1ccc(OCC2CCN(C(C)C(=O)Nc3nncs3)CC2)cc1. The first kappa shape index (κ1) is 18.6. The van der Waals surface area contributed by atoms with Crippen LogP contribution in [0.5, 0.6) is 11.5 Å². The highest BCUT2D eigenvalue weighted by Gasteiger charge is 2.27. The fourth-order valence-corrected chi connectivity index (χ4v) is 3.44. The van der Waals surface area contributed by atoms with Crippen LogP contribution in [0.3, 0.4) is 0 Å². The number of piperidine rings is 1. The molecule has 7 nitrogen and oxygen atoms in total. The van der Waals surface area contributed by atoms with Gasteiger partial charge >= 0.3 is 0 Å². The molecule has 26 heavy (non-hydrogen) atoms. The summed E-state index contributed by atoms with van der Waals surface area (Å²) in [5, 5.41) is 10.9. The molecule has 1 aliphatic rings. The number of carbonyl (C=O) groups excluding carboxylic acids is 1. The van der Waals surface area contributed by atoms with Gasteiger partial charge in [-0.2, -0.15) is 0 Å². The molecule has 1 fully saturated rings. The first-order valence-electron chi connectivity index (χ1n) is 8.73. The molecular formula is C18H24N4O3S. The van der Waals surface area contributed by atoms with Crippen molar-refractivity contribution in [2.24, 2.45) is 5.92 Å². The number of amides is 1. The highest BCUT2D eigenvalue weighted by Crippen LogP contribution is 2.22. The van der Waals surface area contributed by atoms with Gasteiger partial charge in [0.25, 0.3) is 0 Å². The van der Waals surface area contributed by atoms with Crippen molar-refractivity contribution in [2.75, 3.05) is 32.1 Å². The van der Waals surface area contributed by atoms with Crippen LogP contribution in [0.2, 0.25) is 0 Å². The number of ether oxygens (including phenoxy) is 2. The molecule has 1 saturated heterocycles. The third-order valence-corrected chi connectivity index (χ3v) is 5.32. The molecule has 0 saturated carbocycles. The van der Waals surface area contributed by atoms with Gasteiger partial charge < -0.3 is 9.47 Å². The van der Waals surface area contributed by atoms with Crippen LogP contribution < -0.4 is 14.8 Å². The van der Waals surface area contributed by atoms with E-state index in [9.17, 15) is 4.79 Å². The number of anilines is 1. The quantitative estimate of drug-likeness (QED) is 0.801. The summed E-state index contributed by atoms with van der Waals surface area (Å²) in [5.74, 6) is 2.16. The molecule has 140 valence electrons. The van der Waals surface area contributed by atoms with Gasteiger partial charge in [-0.15, -0.1) is 10.2 Å². The van der Waals surface area contributed by atoms with E-state index >= 15 is 0 Å². The molecule has 2 heterocycles. The Labute approximate surface area is 157 Å². The van der Waals surface area contributed by atoms with E-state index in [1.165, 1.54) is 11.3 Å². The molecule has 0 radical (unpaired) electrons. The Bertz CT molecular complexity index is 685. The first-order chi connectivity index (χ1) is 12.7. The van der Waals surface area contributed by atoms with Crippen molar-refractivity contribution in [3.8, 4) is 11.5 Å². The lowest BCUT2D eigenvalue weighted by atomic mass is 9.96. The smallest absolute Gasteiger partial charge is 0.243 e. The molecule has 1 atom stereocenters. The van der Waals surface area contributed by atoms with Gasteiger partial charge in [-0.1, -0.05) is 11.3 Å². The zero-order chi connectivity index (χ0) is 18.4. The monoisotopic (exact) mass is 376 g/mol. The average Bonchev–Trinajstić information content (AvgIpc) is 3.19. The molecule has 3 rings (SSSR count). The summed E-state index contributed by atoms with van der Waals surface area (Å²) in [4.78, 5) is 14.5. The predicted molar refractivity (Wildman–Crippen MR) is 101 cm³/mol. The molecule has 1 N–H and O–H groups in total. The second kappa shape index (κ2) is 8.95. The summed E-state index contributed by atoms with van der Waals surface area (Å²) in [6.45, 7) is 4.42. The van der Waals surface area contributed by atoms with E-state index in [0.717, 1.165) is 37.4 Å². The van der Waals surface area contributed by atoms with Gasteiger partial charge in [-0.3, -0.25) is 15.0 Å². The van der Waals surface area contributed by atoms with Crippen LogP contribution in [-0.2, 0) is 4.79 Å². The van der Waals surface area contributed by atoms with Crippen molar-refractivity contribution in [3.05, 3.63) is 29.8 Å². The lowest BCUT2D eigenvalue weighted by molar-refractivity contribution is -0.121. The van der Waals surface area contributed by atoms with Crippen LogP contribution >= 0.6 is 11.3 Å². The van der Waals surface area contributed by atoms with Crippen LogP contribution in [0.25, 0.3) is 0 Å². The Morgan fingerprint density at radius 1 is 1.31 bits per heavy atom. The van der Waals surface area contributed by atoms with E-state index in [2.05, 4.69) is 20.4 Å². The number of benzene rings is 1. The Kier molecular flexibility index (Phi) is 6.40. The van der Waals surface area contributed by atoms with Gasteiger partial charge in [0.2, 0.25) is 11.0 Å². The highest BCUT2D eigenvalue weighted by atomic mass is 32.1. The van der Waals surface area contributed by atoms with Crippen molar-refractivity contribution in [2.45, 2.75) is 25.8 Å². The molecule has 1 aromatic carbocycles. The van der Waals surface area contributed by atoms with Crippen LogP contribution in [0.1, 0.15) is 19.8 Å². The average molecular weight is 376 g/mol.